The summed E-state index contributed by atoms with van der Waals surface area (Å²) in [6.45, 7) is 9.60. The highest BCUT2D eigenvalue weighted by molar-refractivity contribution is 5.42. The number of hydrogen-bond donors (Lipinski definition) is 3. The van der Waals surface area contributed by atoms with Crippen LogP contribution in [0.4, 0.5) is 0 Å². The summed E-state index contributed by atoms with van der Waals surface area (Å²) in [5.74, 6) is 0. The Hall–Kier alpha value is -0.650. The molecule has 1 saturated heterocycles. The third kappa shape index (κ3) is 5.80. The van der Waals surface area contributed by atoms with E-state index in [1.165, 1.54) is 48.0 Å². The Balaban J connectivity index is 2.08. The lowest BCUT2D eigenvalue weighted by Gasteiger charge is -2.44. The lowest BCUT2D eigenvalue weighted by atomic mass is 10.2. The van der Waals surface area contributed by atoms with Crippen molar-refractivity contribution < 1.29 is 14.0 Å². The third-order valence-corrected chi connectivity index (χ3v) is 4.11. The van der Waals surface area contributed by atoms with Crippen LogP contribution >= 0.6 is 0 Å². The van der Waals surface area contributed by atoms with E-state index in [9.17, 15) is 0 Å². The van der Waals surface area contributed by atoms with Gasteiger partial charge >= 0.3 is 0 Å². The van der Waals surface area contributed by atoms with Crippen LogP contribution in [0.2, 0.25) is 0 Å². The van der Waals surface area contributed by atoms with Gasteiger partial charge in [0, 0.05) is 6.54 Å². The van der Waals surface area contributed by atoms with Gasteiger partial charge in [0.15, 0.2) is 0 Å². The predicted octanol–water partition coefficient (Wildman–Crippen LogP) is -2.43. The van der Waals surface area contributed by atoms with Gasteiger partial charge in [-0.3, -0.25) is 10.7 Å². The number of quaternary nitrogens is 2. The average molecular weight is 258 g/mol. The first-order chi connectivity index (χ1) is 8.47. The number of likely N-dealkylation sites (N-methyl/N-ethyl adjacent to an activating group) is 2. The van der Waals surface area contributed by atoms with Gasteiger partial charge in [0.2, 0.25) is 6.34 Å². The second-order valence-corrected chi connectivity index (χ2v) is 6.40. The first-order valence-electron chi connectivity index (χ1n) is 7.11. The fourth-order valence-corrected chi connectivity index (χ4v) is 2.34. The van der Waals surface area contributed by atoms with Gasteiger partial charge in [-0.15, -0.1) is 0 Å². The molecule has 0 amide bonds. The lowest BCUT2D eigenvalue weighted by molar-refractivity contribution is -1.01. The van der Waals surface area contributed by atoms with E-state index in [4.69, 9.17) is 5.73 Å². The number of nitrogens with one attached hydrogen (secondary N) is 2. The Morgan fingerprint density at radius 3 is 2.39 bits per heavy atom. The fourth-order valence-electron chi connectivity index (χ4n) is 2.34. The van der Waals surface area contributed by atoms with E-state index in [2.05, 4.69) is 31.5 Å². The van der Waals surface area contributed by atoms with Crippen LogP contribution in [-0.4, -0.2) is 88.8 Å². The maximum absolute atomic E-state index is 5.25. The van der Waals surface area contributed by atoms with Gasteiger partial charge in [0.25, 0.3) is 0 Å². The highest BCUT2D eigenvalue weighted by atomic mass is 15.4. The van der Waals surface area contributed by atoms with Crippen molar-refractivity contribution in [2.24, 2.45) is 5.73 Å². The molecular formula is C13H32N5+3. The zero-order valence-corrected chi connectivity index (χ0v) is 12.4. The highest BCUT2D eigenvalue weighted by Gasteiger charge is 2.33. The molecule has 0 aromatic heterocycles. The molecule has 18 heavy (non-hydrogen) atoms. The Kier molecular flexibility index (Phi) is 6.05. The van der Waals surface area contributed by atoms with Gasteiger partial charge in [-0.2, -0.15) is 0 Å². The maximum Gasteiger partial charge on any atom is 0.227 e. The molecule has 0 unspecified atom stereocenters. The van der Waals surface area contributed by atoms with Crippen molar-refractivity contribution in [3.05, 3.63) is 0 Å². The quantitative estimate of drug-likeness (QED) is 0.206. The first kappa shape index (κ1) is 15.4. The van der Waals surface area contributed by atoms with Crippen molar-refractivity contribution in [2.45, 2.75) is 6.42 Å². The van der Waals surface area contributed by atoms with Gasteiger partial charge in [-0.25, -0.2) is 0 Å². The second-order valence-electron chi connectivity index (χ2n) is 6.40. The Labute approximate surface area is 112 Å². The fraction of sp³-hybridized carbons (Fsp3) is 0.923. The minimum atomic E-state index is 0.960. The van der Waals surface area contributed by atoms with Gasteiger partial charge in [-0.1, -0.05) is 0 Å². The molecule has 1 aliphatic heterocycles. The molecule has 1 rings (SSSR count). The maximum atomic E-state index is 5.25. The summed E-state index contributed by atoms with van der Waals surface area (Å²) in [7, 11) is 7.07. The van der Waals surface area contributed by atoms with Crippen molar-refractivity contribution in [1.29, 1.82) is 0 Å². The summed E-state index contributed by atoms with van der Waals surface area (Å²) in [4.78, 5) is 3.01. The Bertz CT molecular complexity index is 252. The Morgan fingerprint density at radius 2 is 1.78 bits per heavy atom. The van der Waals surface area contributed by atoms with Crippen LogP contribution < -0.4 is 16.0 Å². The van der Waals surface area contributed by atoms with Gasteiger partial charge in [0.05, 0.1) is 34.2 Å². The summed E-state index contributed by atoms with van der Waals surface area (Å²) in [6.07, 6.45) is 2.64. The van der Waals surface area contributed by atoms with Crippen LogP contribution in [-0.2, 0) is 0 Å². The van der Waals surface area contributed by atoms with Gasteiger partial charge < -0.3 is 14.3 Å². The summed E-state index contributed by atoms with van der Waals surface area (Å²) in [5, 5.41) is 3.52. The normalized spacial score (nSPS) is 22.4. The van der Waals surface area contributed by atoms with Gasteiger partial charge in [0.1, 0.15) is 26.2 Å². The van der Waals surface area contributed by atoms with Crippen molar-refractivity contribution in [3.63, 3.8) is 0 Å². The monoisotopic (exact) mass is 258 g/mol. The zero-order chi connectivity index (χ0) is 13.5. The molecule has 0 spiro atoms. The zero-order valence-electron chi connectivity index (χ0n) is 12.4. The van der Waals surface area contributed by atoms with E-state index in [1.54, 1.807) is 0 Å². The molecule has 5 nitrogen and oxygen atoms in total. The first-order valence-corrected chi connectivity index (χ1v) is 7.11. The number of nitrogens with zero attached hydrogens (tertiary/aromatic N) is 2. The second kappa shape index (κ2) is 7.07. The number of hydrogen-bond acceptors (Lipinski definition) is 1. The molecule has 0 aliphatic carbocycles. The predicted molar refractivity (Wildman–Crippen MR) is 76.2 cm³/mol. The van der Waals surface area contributed by atoms with E-state index in [-0.39, 0.29) is 0 Å². The van der Waals surface area contributed by atoms with E-state index >= 15 is 0 Å². The molecule has 1 aliphatic rings. The van der Waals surface area contributed by atoms with E-state index < -0.39 is 0 Å². The molecule has 5 heteroatoms. The smallest absolute Gasteiger partial charge is 0.227 e. The largest absolute Gasteiger partial charge is 0.319 e. The van der Waals surface area contributed by atoms with Crippen LogP contribution in [0, 0.1) is 0 Å². The minimum Gasteiger partial charge on any atom is -0.319 e. The molecule has 106 valence electrons. The van der Waals surface area contributed by atoms with Crippen LogP contribution in [0.1, 0.15) is 6.42 Å². The third-order valence-electron chi connectivity index (χ3n) is 4.11. The van der Waals surface area contributed by atoms with E-state index in [0.29, 0.717) is 0 Å². The van der Waals surface area contributed by atoms with Crippen molar-refractivity contribution >= 4 is 6.34 Å². The SMILES string of the molecule is C[N+]1(C)CC[N+](C)(CCNCCC[NH+]=CN)CC1. The molecule has 0 radical (unpaired) electrons. The average Bonchev–Trinajstić information content (AvgIpc) is 2.33. The molecule has 0 aromatic carbocycles. The molecule has 0 atom stereocenters. The molecular weight excluding hydrogens is 226 g/mol. The highest BCUT2D eigenvalue weighted by Crippen LogP contribution is 2.12. The lowest BCUT2D eigenvalue weighted by Crippen LogP contribution is -2.71. The molecule has 0 aromatic rings. The van der Waals surface area contributed by atoms with Crippen LogP contribution in [0.5, 0.6) is 0 Å². The number of nitrogens with two attached hydrogens (primary N) is 1. The van der Waals surface area contributed by atoms with E-state index in [0.717, 1.165) is 26.1 Å². The van der Waals surface area contributed by atoms with Gasteiger partial charge in [-0.05, 0) is 13.0 Å². The summed E-state index contributed by atoms with van der Waals surface area (Å²) in [6, 6.07) is 0. The van der Waals surface area contributed by atoms with Crippen molar-refractivity contribution in [2.75, 3.05) is 73.5 Å². The van der Waals surface area contributed by atoms with Crippen LogP contribution in [0.3, 0.4) is 0 Å². The molecule has 4 N–H and O–H groups in total. The van der Waals surface area contributed by atoms with Crippen molar-refractivity contribution in [3.8, 4) is 0 Å². The Morgan fingerprint density at radius 1 is 1.11 bits per heavy atom. The van der Waals surface area contributed by atoms with E-state index in [1.807, 2.05) is 0 Å². The minimum absolute atomic E-state index is 0.960. The standard InChI is InChI=1S/C13H31N5/c1-17(2)9-11-18(3,12-10-17)8-7-15-5-4-6-16-13-14/h13,15H,4-12H2,1-3H3,(H2,14,16)/q+2/p+1. The van der Waals surface area contributed by atoms with Crippen molar-refractivity contribution in [1.82, 2.24) is 5.32 Å². The summed E-state index contributed by atoms with van der Waals surface area (Å²) in [5.41, 5.74) is 5.25. The number of piperazine rings is 1. The molecule has 1 fully saturated rings. The summed E-state index contributed by atoms with van der Waals surface area (Å²) < 4.78 is 2.41. The molecule has 0 saturated carbocycles. The molecule has 1 heterocycles. The molecule has 0 bridgehead atoms. The van der Waals surface area contributed by atoms with Crippen LogP contribution in [0.15, 0.2) is 0 Å². The number of rotatable bonds is 7. The summed E-state index contributed by atoms with van der Waals surface area (Å²) >= 11 is 0. The topological polar surface area (TPSA) is 52.0 Å². The van der Waals surface area contributed by atoms with Crippen LogP contribution in [0.25, 0.3) is 0 Å².